The molecule has 0 spiro atoms. The fourth-order valence-corrected chi connectivity index (χ4v) is 1.88. The molecule has 0 atom stereocenters. The third kappa shape index (κ3) is 2.02. The van der Waals surface area contributed by atoms with Crippen LogP contribution in [0.25, 0.3) is 11.1 Å². The molecule has 0 aliphatic heterocycles. The highest BCUT2D eigenvalue weighted by molar-refractivity contribution is 9.10. The van der Waals surface area contributed by atoms with Crippen LogP contribution in [0.1, 0.15) is 12.5 Å². The number of oxazole rings is 1. The van der Waals surface area contributed by atoms with E-state index in [1.165, 1.54) is 6.92 Å². The van der Waals surface area contributed by atoms with Crippen molar-refractivity contribution in [1.82, 2.24) is 4.98 Å². The van der Waals surface area contributed by atoms with Gasteiger partial charge in [-0.25, -0.2) is 4.79 Å². The summed E-state index contributed by atoms with van der Waals surface area (Å²) < 4.78 is 5.65. The number of aromatic amines is 1. The quantitative estimate of drug-likeness (QED) is 0.907. The van der Waals surface area contributed by atoms with Crippen LogP contribution in [0, 0.1) is 0 Å². The van der Waals surface area contributed by atoms with Gasteiger partial charge in [-0.05, 0) is 24.6 Å². The zero-order valence-corrected chi connectivity index (χ0v) is 9.55. The Morgan fingerprint density at radius 3 is 2.93 bits per heavy atom. The zero-order valence-electron chi connectivity index (χ0n) is 7.96. The molecule has 78 valence electrons. The van der Waals surface area contributed by atoms with Crippen molar-refractivity contribution in [2.75, 3.05) is 0 Å². The van der Waals surface area contributed by atoms with Gasteiger partial charge in [0, 0.05) is 10.9 Å². The molecule has 2 rings (SSSR count). The summed E-state index contributed by atoms with van der Waals surface area (Å²) in [5, 5.41) is 0. The molecule has 0 saturated carbocycles. The number of rotatable bonds is 2. The van der Waals surface area contributed by atoms with Crippen LogP contribution in [0.15, 0.2) is 25.8 Å². The van der Waals surface area contributed by atoms with Gasteiger partial charge in [0.1, 0.15) is 5.78 Å². The van der Waals surface area contributed by atoms with Crippen LogP contribution in [0.3, 0.4) is 0 Å². The maximum absolute atomic E-state index is 11.0. The number of fused-ring (bicyclic) bond motifs is 1. The topological polar surface area (TPSA) is 63.1 Å². The molecule has 0 aliphatic carbocycles. The van der Waals surface area contributed by atoms with E-state index < -0.39 is 5.76 Å². The van der Waals surface area contributed by atoms with Gasteiger partial charge in [0.25, 0.3) is 0 Å². The third-order valence-corrected chi connectivity index (χ3v) is 2.77. The highest BCUT2D eigenvalue weighted by Gasteiger charge is 2.08. The maximum Gasteiger partial charge on any atom is 0.417 e. The second-order valence-electron chi connectivity index (χ2n) is 3.33. The van der Waals surface area contributed by atoms with E-state index in [0.717, 1.165) is 10.0 Å². The Morgan fingerprint density at radius 1 is 1.53 bits per heavy atom. The number of carbonyl (C=O) groups is 1. The lowest BCUT2D eigenvalue weighted by atomic mass is 10.1. The Morgan fingerprint density at radius 2 is 2.27 bits per heavy atom. The minimum Gasteiger partial charge on any atom is -0.408 e. The predicted octanol–water partition coefficient (Wildman–Crippen LogP) is 2.02. The number of Topliss-reactive ketones (excluding diaryl/α,β-unsaturated/α-hetero) is 1. The Kier molecular flexibility index (Phi) is 2.48. The molecule has 2 aromatic rings. The SMILES string of the molecule is CC(=O)Cc1cc2[nH]c(=O)oc2cc1Br. The Bertz CT molecular complexity index is 582. The summed E-state index contributed by atoms with van der Waals surface area (Å²) in [7, 11) is 0. The minimum atomic E-state index is -0.489. The summed E-state index contributed by atoms with van der Waals surface area (Å²) in [4.78, 5) is 24.5. The van der Waals surface area contributed by atoms with Gasteiger partial charge < -0.3 is 4.42 Å². The van der Waals surface area contributed by atoms with Crippen molar-refractivity contribution in [3.63, 3.8) is 0 Å². The minimum absolute atomic E-state index is 0.0703. The van der Waals surface area contributed by atoms with E-state index in [4.69, 9.17) is 4.42 Å². The van der Waals surface area contributed by atoms with Gasteiger partial charge in [-0.15, -0.1) is 0 Å². The second kappa shape index (κ2) is 3.66. The summed E-state index contributed by atoms with van der Waals surface area (Å²) in [5.74, 6) is -0.419. The van der Waals surface area contributed by atoms with Crippen molar-refractivity contribution in [3.8, 4) is 0 Å². The van der Waals surface area contributed by atoms with E-state index in [2.05, 4.69) is 20.9 Å². The van der Waals surface area contributed by atoms with Gasteiger partial charge in [0.2, 0.25) is 0 Å². The lowest BCUT2D eigenvalue weighted by Crippen LogP contribution is -1.97. The van der Waals surface area contributed by atoms with Gasteiger partial charge in [-0.3, -0.25) is 9.78 Å². The number of ketones is 1. The number of hydrogen-bond donors (Lipinski definition) is 1. The highest BCUT2D eigenvalue weighted by atomic mass is 79.9. The van der Waals surface area contributed by atoms with Gasteiger partial charge in [-0.2, -0.15) is 0 Å². The Hall–Kier alpha value is -1.36. The Labute approximate surface area is 93.4 Å². The molecule has 0 amide bonds. The molecule has 0 fully saturated rings. The lowest BCUT2D eigenvalue weighted by Gasteiger charge is -2.00. The molecule has 1 heterocycles. The summed E-state index contributed by atoms with van der Waals surface area (Å²) >= 11 is 3.33. The number of carbonyl (C=O) groups excluding carboxylic acids is 1. The first-order valence-corrected chi connectivity index (χ1v) is 5.16. The van der Waals surface area contributed by atoms with Crippen LogP contribution < -0.4 is 5.76 Å². The normalized spacial score (nSPS) is 10.8. The smallest absolute Gasteiger partial charge is 0.408 e. The van der Waals surface area contributed by atoms with Gasteiger partial charge >= 0.3 is 5.76 Å². The van der Waals surface area contributed by atoms with Crippen molar-refractivity contribution in [2.24, 2.45) is 0 Å². The highest BCUT2D eigenvalue weighted by Crippen LogP contribution is 2.23. The standard InChI is InChI=1S/C10H8BrNO3/c1-5(13)2-6-3-8-9(4-7(6)11)15-10(14)12-8/h3-4H,2H2,1H3,(H,12,14). The van der Waals surface area contributed by atoms with Gasteiger partial charge in [-0.1, -0.05) is 15.9 Å². The molecule has 0 radical (unpaired) electrons. The molecule has 1 N–H and O–H groups in total. The molecular formula is C10H8BrNO3. The summed E-state index contributed by atoms with van der Waals surface area (Å²) in [5.41, 5.74) is 1.94. The first-order chi connectivity index (χ1) is 7.06. The van der Waals surface area contributed by atoms with Crippen molar-refractivity contribution in [1.29, 1.82) is 0 Å². The van der Waals surface area contributed by atoms with E-state index in [-0.39, 0.29) is 5.78 Å². The largest absolute Gasteiger partial charge is 0.417 e. The van der Waals surface area contributed by atoms with Gasteiger partial charge in [0.15, 0.2) is 5.58 Å². The second-order valence-corrected chi connectivity index (χ2v) is 4.19. The number of nitrogens with one attached hydrogen (secondary N) is 1. The number of halogens is 1. The number of H-pyrrole nitrogens is 1. The van der Waals surface area contributed by atoms with Crippen LogP contribution in [-0.2, 0) is 11.2 Å². The van der Waals surface area contributed by atoms with Crippen molar-refractivity contribution in [2.45, 2.75) is 13.3 Å². The van der Waals surface area contributed by atoms with E-state index >= 15 is 0 Å². The van der Waals surface area contributed by atoms with Crippen molar-refractivity contribution >= 4 is 32.8 Å². The van der Waals surface area contributed by atoms with Crippen molar-refractivity contribution in [3.05, 3.63) is 32.7 Å². The number of benzene rings is 1. The van der Waals surface area contributed by atoms with Crippen LogP contribution in [0.4, 0.5) is 0 Å². The zero-order chi connectivity index (χ0) is 11.0. The van der Waals surface area contributed by atoms with E-state index in [1.807, 2.05) is 0 Å². The van der Waals surface area contributed by atoms with Crippen LogP contribution in [-0.4, -0.2) is 10.8 Å². The molecule has 0 aliphatic rings. The average Bonchev–Trinajstić information content (AvgIpc) is 2.44. The molecule has 4 nitrogen and oxygen atoms in total. The average molecular weight is 270 g/mol. The monoisotopic (exact) mass is 269 g/mol. The fraction of sp³-hybridized carbons (Fsp3) is 0.200. The molecule has 5 heteroatoms. The third-order valence-electron chi connectivity index (χ3n) is 2.03. The maximum atomic E-state index is 11.0. The number of hydrogen-bond acceptors (Lipinski definition) is 3. The first kappa shape index (κ1) is 10.2. The Balaban J connectivity index is 2.60. The van der Waals surface area contributed by atoms with Crippen LogP contribution in [0.2, 0.25) is 0 Å². The van der Waals surface area contributed by atoms with Crippen molar-refractivity contribution < 1.29 is 9.21 Å². The van der Waals surface area contributed by atoms with E-state index in [1.54, 1.807) is 12.1 Å². The van der Waals surface area contributed by atoms with Gasteiger partial charge in [0.05, 0.1) is 5.52 Å². The molecule has 15 heavy (non-hydrogen) atoms. The van der Waals surface area contributed by atoms with Crippen LogP contribution in [0.5, 0.6) is 0 Å². The summed E-state index contributed by atoms with van der Waals surface area (Å²) in [6.07, 6.45) is 0.337. The first-order valence-electron chi connectivity index (χ1n) is 4.37. The molecule has 0 bridgehead atoms. The molecule has 0 saturated heterocycles. The molecule has 1 aromatic carbocycles. The molecule has 0 unspecified atom stereocenters. The molecule has 1 aromatic heterocycles. The lowest BCUT2D eigenvalue weighted by molar-refractivity contribution is -0.116. The van der Waals surface area contributed by atoms with E-state index in [9.17, 15) is 9.59 Å². The molecular weight excluding hydrogens is 262 g/mol. The van der Waals surface area contributed by atoms with E-state index in [0.29, 0.717) is 17.5 Å². The summed E-state index contributed by atoms with van der Waals surface area (Å²) in [6.45, 7) is 1.52. The summed E-state index contributed by atoms with van der Waals surface area (Å²) in [6, 6.07) is 3.43. The predicted molar refractivity (Wildman–Crippen MR) is 58.9 cm³/mol. The number of aromatic nitrogens is 1. The fourth-order valence-electron chi connectivity index (χ4n) is 1.42. The van der Waals surface area contributed by atoms with Crippen LogP contribution >= 0.6 is 15.9 Å².